The Labute approximate surface area is 170 Å². The quantitative estimate of drug-likeness (QED) is 0.615. The van der Waals surface area contributed by atoms with Crippen molar-refractivity contribution in [2.24, 2.45) is 0 Å². The first-order valence-electron chi connectivity index (χ1n) is 8.94. The van der Waals surface area contributed by atoms with Crippen LogP contribution in [0, 0.1) is 5.82 Å². The van der Waals surface area contributed by atoms with E-state index in [-0.39, 0.29) is 11.5 Å². The molecule has 1 aromatic heterocycles. The van der Waals surface area contributed by atoms with Crippen molar-refractivity contribution < 1.29 is 13.6 Å². The van der Waals surface area contributed by atoms with Gasteiger partial charge in [0, 0.05) is 36.2 Å². The summed E-state index contributed by atoms with van der Waals surface area (Å²) in [5, 5.41) is 8.23. The Morgan fingerprint density at radius 2 is 1.75 bits per heavy atom. The molecular weight excluding hydrogens is 427 g/mol. The number of piperazine rings is 1. The van der Waals surface area contributed by atoms with E-state index in [1.165, 1.54) is 12.1 Å². The van der Waals surface area contributed by atoms with Gasteiger partial charge in [0.2, 0.25) is 11.8 Å². The van der Waals surface area contributed by atoms with E-state index in [0.29, 0.717) is 44.5 Å². The molecule has 0 atom stereocenters. The Hall–Kier alpha value is -2.58. The van der Waals surface area contributed by atoms with Gasteiger partial charge in [-0.1, -0.05) is 28.1 Å². The molecule has 0 unspecified atom stereocenters. The summed E-state index contributed by atoms with van der Waals surface area (Å²) in [5.41, 5.74) is 0.981. The molecule has 1 saturated heterocycles. The molecule has 1 fully saturated rings. The average Bonchev–Trinajstić information content (AvgIpc) is 3.17. The highest BCUT2D eigenvalue weighted by Gasteiger charge is 2.24. The number of nitrogens with zero attached hydrogens (tertiary/aromatic N) is 4. The normalized spacial score (nSPS) is 15.0. The third-order valence-electron chi connectivity index (χ3n) is 4.68. The largest absolute Gasteiger partial charge is 0.419 e. The van der Waals surface area contributed by atoms with Gasteiger partial charge in [0.25, 0.3) is 5.91 Å². The van der Waals surface area contributed by atoms with Crippen LogP contribution in [0.2, 0.25) is 0 Å². The van der Waals surface area contributed by atoms with Gasteiger partial charge < -0.3 is 9.32 Å². The molecule has 1 aliphatic rings. The number of halogens is 2. The van der Waals surface area contributed by atoms with E-state index in [0.717, 1.165) is 10.0 Å². The van der Waals surface area contributed by atoms with E-state index in [2.05, 4.69) is 31.0 Å². The second-order valence-electron chi connectivity index (χ2n) is 6.56. The summed E-state index contributed by atoms with van der Waals surface area (Å²) < 4.78 is 20.6. The van der Waals surface area contributed by atoms with Gasteiger partial charge in [-0.05, 0) is 36.4 Å². The van der Waals surface area contributed by atoms with Gasteiger partial charge in [-0.25, -0.2) is 4.39 Å². The highest BCUT2D eigenvalue weighted by Crippen LogP contribution is 2.21. The van der Waals surface area contributed by atoms with E-state index in [1.54, 1.807) is 17.0 Å². The Balaban J connectivity index is 1.34. The molecule has 4 rings (SSSR count). The number of amides is 1. The highest BCUT2D eigenvalue weighted by atomic mass is 79.9. The topological polar surface area (TPSA) is 62.5 Å². The van der Waals surface area contributed by atoms with Crippen LogP contribution in [0.15, 0.2) is 57.4 Å². The summed E-state index contributed by atoms with van der Waals surface area (Å²) in [7, 11) is 0. The monoisotopic (exact) mass is 444 g/mol. The zero-order chi connectivity index (χ0) is 19.5. The van der Waals surface area contributed by atoms with Crippen molar-refractivity contribution in [3.8, 4) is 11.5 Å². The first kappa shape index (κ1) is 18.8. The lowest BCUT2D eigenvalue weighted by atomic mass is 10.1. The molecule has 0 radical (unpaired) electrons. The van der Waals surface area contributed by atoms with Crippen LogP contribution in [0.1, 0.15) is 16.2 Å². The second-order valence-corrected chi connectivity index (χ2v) is 7.47. The van der Waals surface area contributed by atoms with Gasteiger partial charge in [0.15, 0.2) is 0 Å². The van der Waals surface area contributed by atoms with Crippen molar-refractivity contribution in [3.63, 3.8) is 0 Å². The third-order valence-corrected chi connectivity index (χ3v) is 5.21. The lowest BCUT2D eigenvalue weighted by molar-refractivity contribution is 0.0614. The van der Waals surface area contributed by atoms with E-state index in [4.69, 9.17) is 4.42 Å². The van der Waals surface area contributed by atoms with Gasteiger partial charge in [-0.3, -0.25) is 9.69 Å². The fraction of sp³-hybridized carbons (Fsp3) is 0.250. The summed E-state index contributed by atoms with van der Waals surface area (Å²) in [5.74, 6) is 0.261. The van der Waals surface area contributed by atoms with Crippen LogP contribution in [-0.4, -0.2) is 52.1 Å². The van der Waals surface area contributed by atoms with E-state index >= 15 is 0 Å². The van der Waals surface area contributed by atoms with Crippen LogP contribution < -0.4 is 0 Å². The molecule has 144 valence electrons. The first-order chi connectivity index (χ1) is 13.6. The molecular formula is C20H18BrFN4O2. The molecule has 0 saturated carbocycles. The highest BCUT2D eigenvalue weighted by molar-refractivity contribution is 9.10. The van der Waals surface area contributed by atoms with Crippen LogP contribution in [-0.2, 0) is 6.54 Å². The zero-order valence-corrected chi connectivity index (χ0v) is 16.6. The van der Waals surface area contributed by atoms with Gasteiger partial charge in [-0.15, -0.1) is 10.2 Å². The van der Waals surface area contributed by atoms with Crippen molar-refractivity contribution in [1.29, 1.82) is 0 Å². The Bertz CT molecular complexity index is 968. The molecule has 0 spiro atoms. The molecule has 8 heteroatoms. The van der Waals surface area contributed by atoms with Crippen LogP contribution in [0.25, 0.3) is 11.5 Å². The summed E-state index contributed by atoms with van der Waals surface area (Å²) >= 11 is 3.40. The molecule has 1 amide bonds. The van der Waals surface area contributed by atoms with Crippen LogP contribution >= 0.6 is 15.9 Å². The summed E-state index contributed by atoms with van der Waals surface area (Å²) in [6, 6.07) is 13.7. The minimum atomic E-state index is -0.485. The molecule has 6 nitrogen and oxygen atoms in total. The van der Waals surface area contributed by atoms with Gasteiger partial charge in [-0.2, -0.15) is 0 Å². The van der Waals surface area contributed by atoms with Crippen molar-refractivity contribution in [2.45, 2.75) is 6.54 Å². The Kier molecular flexibility index (Phi) is 5.50. The van der Waals surface area contributed by atoms with Crippen LogP contribution in [0.4, 0.5) is 4.39 Å². The molecule has 0 aliphatic carbocycles. The van der Waals surface area contributed by atoms with Crippen molar-refractivity contribution in [3.05, 3.63) is 70.3 Å². The number of benzene rings is 2. The van der Waals surface area contributed by atoms with E-state index in [1.807, 2.05) is 24.3 Å². The smallest absolute Gasteiger partial charge is 0.256 e. The van der Waals surface area contributed by atoms with Crippen molar-refractivity contribution in [1.82, 2.24) is 20.0 Å². The van der Waals surface area contributed by atoms with Crippen molar-refractivity contribution in [2.75, 3.05) is 26.2 Å². The summed E-state index contributed by atoms with van der Waals surface area (Å²) in [6.45, 7) is 2.90. The predicted molar refractivity (Wildman–Crippen MR) is 105 cm³/mol. The van der Waals surface area contributed by atoms with Gasteiger partial charge >= 0.3 is 0 Å². The predicted octanol–water partition coefficient (Wildman–Crippen LogP) is 3.60. The van der Waals surface area contributed by atoms with Gasteiger partial charge in [0.1, 0.15) is 5.82 Å². The van der Waals surface area contributed by atoms with Crippen molar-refractivity contribution >= 4 is 21.8 Å². The fourth-order valence-electron chi connectivity index (χ4n) is 3.13. The van der Waals surface area contributed by atoms with Crippen LogP contribution in [0.5, 0.6) is 0 Å². The van der Waals surface area contributed by atoms with E-state index in [9.17, 15) is 9.18 Å². The number of aromatic nitrogens is 2. The Morgan fingerprint density at radius 1 is 1.04 bits per heavy atom. The first-order valence-corrected chi connectivity index (χ1v) is 9.74. The molecule has 0 bridgehead atoms. The number of carbonyl (C=O) groups is 1. The molecule has 2 aromatic carbocycles. The number of rotatable bonds is 4. The average molecular weight is 445 g/mol. The number of hydrogen-bond donors (Lipinski definition) is 0. The zero-order valence-electron chi connectivity index (χ0n) is 15.0. The van der Waals surface area contributed by atoms with Crippen LogP contribution in [0.3, 0.4) is 0 Å². The lowest BCUT2D eigenvalue weighted by Gasteiger charge is -2.34. The maximum atomic E-state index is 13.8. The molecule has 3 aromatic rings. The maximum Gasteiger partial charge on any atom is 0.256 e. The minimum Gasteiger partial charge on any atom is -0.419 e. The Morgan fingerprint density at radius 3 is 2.46 bits per heavy atom. The summed E-state index contributed by atoms with van der Waals surface area (Å²) in [6.07, 6.45) is 0. The maximum absolute atomic E-state index is 13.8. The minimum absolute atomic E-state index is 0.118. The standard InChI is InChI=1S/C20H18BrFN4O2/c21-15-7-5-14(6-8-15)19-24-23-18(28-19)13-25-9-11-26(12-10-25)20(27)16-3-1-2-4-17(16)22/h1-8H,9-13H2. The number of hydrogen-bond acceptors (Lipinski definition) is 5. The summed E-state index contributed by atoms with van der Waals surface area (Å²) in [4.78, 5) is 16.3. The fourth-order valence-corrected chi connectivity index (χ4v) is 3.40. The van der Waals surface area contributed by atoms with E-state index < -0.39 is 5.82 Å². The van der Waals surface area contributed by atoms with Gasteiger partial charge in [0.05, 0.1) is 12.1 Å². The lowest BCUT2D eigenvalue weighted by Crippen LogP contribution is -2.48. The number of carbonyl (C=O) groups excluding carboxylic acids is 1. The molecule has 28 heavy (non-hydrogen) atoms. The molecule has 0 N–H and O–H groups in total. The SMILES string of the molecule is O=C(c1ccccc1F)N1CCN(Cc2nnc(-c3ccc(Br)cc3)o2)CC1. The second kappa shape index (κ2) is 8.20. The molecule has 1 aliphatic heterocycles. The third kappa shape index (κ3) is 4.13. The molecule has 2 heterocycles.